The number of nitrogens with zero attached hydrogens (tertiary/aromatic N) is 3. The van der Waals surface area contributed by atoms with Crippen molar-refractivity contribution in [2.75, 3.05) is 23.7 Å². The summed E-state index contributed by atoms with van der Waals surface area (Å²) in [6.07, 6.45) is 2.56. The van der Waals surface area contributed by atoms with Gasteiger partial charge in [-0.1, -0.05) is 0 Å². The predicted octanol–water partition coefficient (Wildman–Crippen LogP) is 1.67. The number of anilines is 2. The van der Waals surface area contributed by atoms with Gasteiger partial charge in [0.05, 0.1) is 16.6 Å². The highest BCUT2D eigenvalue weighted by molar-refractivity contribution is 5.99. The Labute approximate surface area is 165 Å². The zero-order chi connectivity index (χ0) is 21.2. The fraction of sp³-hybridized carbons (Fsp3) is 0.474. The Kier molecular flexibility index (Phi) is 4.50. The number of nitrogens with two attached hydrogens (primary N) is 2. The number of pyridine rings is 1. The van der Waals surface area contributed by atoms with Gasteiger partial charge < -0.3 is 20.3 Å². The van der Waals surface area contributed by atoms with Crippen LogP contribution in [0, 0.1) is 11.6 Å². The van der Waals surface area contributed by atoms with Crippen molar-refractivity contribution >= 4 is 28.2 Å². The first-order valence-corrected chi connectivity index (χ1v) is 9.50. The summed E-state index contributed by atoms with van der Waals surface area (Å²) in [6.45, 7) is 4.26. The first-order chi connectivity index (χ1) is 13.6. The number of benzene rings is 1. The van der Waals surface area contributed by atoms with E-state index < -0.39 is 39.7 Å². The third kappa shape index (κ3) is 2.94. The van der Waals surface area contributed by atoms with Crippen LogP contribution >= 0.6 is 0 Å². The number of piperazine rings is 1. The summed E-state index contributed by atoms with van der Waals surface area (Å²) in [6, 6.07) is -0.467. The largest absolute Gasteiger partial charge is 0.477 e. The number of carbonyl (C=O) groups is 1. The van der Waals surface area contributed by atoms with E-state index in [0.29, 0.717) is 12.8 Å². The molecule has 156 valence electrons. The van der Waals surface area contributed by atoms with Gasteiger partial charge in [-0.2, -0.15) is 0 Å². The van der Waals surface area contributed by atoms with Crippen LogP contribution in [0.25, 0.3) is 10.9 Å². The number of carboxylic acid groups (broad SMARTS) is 1. The molecule has 5 N–H and O–H groups in total. The molecule has 0 radical (unpaired) electrons. The minimum Gasteiger partial charge on any atom is -0.477 e. The van der Waals surface area contributed by atoms with Crippen molar-refractivity contribution < 1.29 is 18.7 Å². The second-order valence-electron chi connectivity index (χ2n) is 7.98. The first-order valence-electron chi connectivity index (χ1n) is 9.50. The SMILES string of the molecule is CC1CN(c2c(F)c(N)c3c(=O)c(C(=O)O)cn(C4CC4)c3c2F)CC(C)N1N. The maximum atomic E-state index is 15.7. The zero-order valence-electron chi connectivity index (χ0n) is 16.2. The second-order valence-corrected chi connectivity index (χ2v) is 7.98. The van der Waals surface area contributed by atoms with Crippen molar-refractivity contribution in [3.8, 4) is 0 Å². The molecular formula is C19H23F2N5O3. The third-order valence-electron chi connectivity index (χ3n) is 5.84. The number of nitrogen functional groups attached to an aromatic ring is 1. The highest BCUT2D eigenvalue weighted by atomic mass is 19.1. The van der Waals surface area contributed by atoms with E-state index in [2.05, 4.69) is 0 Å². The molecule has 2 aromatic rings. The second kappa shape index (κ2) is 6.67. The van der Waals surface area contributed by atoms with Crippen LogP contribution in [0.4, 0.5) is 20.2 Å². The quantitative estimate of drug-likeness (QED) is 0.523. The molecule has 0 spiro atoms. The van der Waals surface area contributed by atoms with Gasteiger partial charge in [-0.05, 0) is 26.7 Å². The molecule has 1 saturated carbocycles. The van der Waals surface area contributed by atoms with E-state index in [-0.39, 0.29) is 42.4 Å². The molecule has 4 rings (SSSR count). The van der Waals surface area contributed by atoms with Crippen molar-refractivity contribution in [3.63, 3.8) is 0 Å². The van der Waals surface area contributed by atoms with Crippen molar-refractivity contribution in [3.05, 3.63) is 33.6 Å². The van der Waals surface area contributed by atoms with Gasteiger partial charge in [-0.25, -0.2) is 18.6 Å². The van der Waals surface area contributed by atoms with E-state index in [1.165, 1.54) is 4.57 Å². The number of hydrogen-bond acceptors (Lipinski definition) is 6. The lowest BCUT2D eigenvalue weighted by Crippen LogP contribution is -2.60. The number of hydrazine groups is 1. The molecule has 1 saturated heterocycles. The standard InChI is InChI=1S/C19H23F2N5O3/c1-8-5-24(6-9(2)26(8)23)17-13(20)15(22)12-16(14(17)21)25(10-3-4-10)7-11(18(12)27)19(28)29/h7-10H,3-6,22-23H2,1-2H3,(H,28,29). The van der Waals surface area contributed by atoms with Crippen molar-refractivity contribution in [1.29, 1.82) is 0 Å². The van der Waals surface area contributed by atoms with Crippen molar-refractivity contribution in [1.82, 2.24) is 9.58 Å². The van der Waals surface area contributed by atoms with Crippen LogP contribution in [0.3, 0.4) is 0 Å². The molecule has 2 atom stereocenters. The number of hydrogen-bond donors (Lipinski definition) is 3. The minimum atomic E-state index is -1.46. The van der Waals surface area contributed by atoms with Gasteiger partial charge in [0, 0.05) is 37.4 Å². The Morgan fingerprint density at radius 3 is 2.28 bits per heavy atom. The van der Waals surface area contributed by atoms with E-state index in [1.807, 2.05) is 13.8 Å². The average Bonchev–Trinajstić information content (AvgIpc) is 3.48. The van der Waals surface area contributed by atoms with Gasteiger partial charge in [0.25, 0.3) is 0 Å². The van der Waals surface area contributed by atoms with E-state index in [1.54, 1.807) is 9.91 Å². The van der Waals surface area contributed by atoms with Crippen LogP contribution in [-0.2, 0) is 0 Å². The molecule has 1 aromatic heterocycles. The lowest BCUT2D eigenvalue weighted by atomic mass is 10.0. The monoisotopic (exact) mass is 407 g/mol. The molecule has 10 heteroatoms. The van der Waals surface area contributed by atoms with E-state index >= 15 is 8.78 Å². The molecule has 1 aliphatic carbocycles. The van der Waals surface area contributed by atoms with Gasteiger partial charge in [-0.15, -0.1) is 0 Å². The third-order valence-corrected chi connectivity index (χ3v) is 5.84. The van der Waals surface area contributed by atoms with Gasteiger partial charge in [0.2, 0.25) is 5.43 Å². The lowest BCUT2D eigenvalue weighted by Gasteiger charge is -2.43. The molecule has 8 nitrogen and oxygen atoms in total. The molecule has 2 heterocycles. The van der Waals surface area contributed by atoms with Gasteiger partial charge >= 0.3 is 5.97 Å². The first kappa shape index (κ1) is 19.6. The summed E-state index contributed by atoms with van der Waals surface area (Å²) >= 11 is 0. The molecule has 1 aromatic carbocycles. The van der Waals surface area contributed by atoms with Crippen LogP contribution < -0.4 is 21.9 Å². The molecule has 0 amide bonds. The fourth-order valence-electron chi connectivity index (χ4n) is 4.14. The maximum absolute atomic E-state index is 15.7. The van der Waals surface area contributed by atoms with Crippen molar-refractivity contribution in [2.45, 2.75) is 44.8 Å². The van der Waals surface area contributed by atoms with Gasteiger partial charge in [0.1, 0.15) is 11.3 Å². The summed E-state index contributed by atoms with van der Waals surface area (Å²) in [5.74, 6) is 2.57. The Hall–Kier alpha value is -2.72. The van der Waals surface area contributed by atoms with Crippen LogP contribution in [-0.4, -0.2) is 45.8 Å². The molecule has 2 unspecified atom stereocenters. The number of aromatic carboxylic acids is 1. The predicted molar refractivity (Wildman–Crippen MR) is 105 cm³/mol. The highest BCUT2D eigenvalue weighted by Crippen LogP contribution is 2.42. The zero-order valence-corrected chi connectivity index (χ0v) is 16.2. The smallest absolute Gasteiger partial charge is 0.341 e. The summed E-state index contributed by atoms with van der Waals surface area (Å²) in [5, 5.41) is 10.6. The van der Waals surface area contributed by atoms with Gasteiger partial charge in [-0.3, -0.25) is 10.6 Å². The van der Waals surface area contributed by atoms with E-state index in [9.17, 15) is 14.7 Å². The Morgan fingerprint density at radius 1 is 1.17 bits per heavy atom. The number of fused-ring (bicyclic) bond motifs is 1. The molecule has 0 bridgehead atoms. The highest BCUT2D eigenvalue weighted by Gasteiger charge is 2.35. The lowest BCUT2D eigenvalue weighted by molar-refractivity contribution is 0.0695. The Bertz CT molecular complexity index is 1070. The van der Waals surface area contributed by atoms with Crippen LogP contribution in [0.15, 0.2) is 11.0 Å². The number of carboxylic acids is 1. The normalized spacial score (nSPS) is 23.0. The molecule has 2 aliphatic rings. The number of halogens is 2. The summed E-state index contributed by atoms with van der Waals surface area (Å²) < 4.78 is 32.4. The molecule has 29 heavy (non-hydrogen) atoms. The topological polar surface area (TPSA) is 118 Å². The van der Waals surface area contributed by atoms with Crippen LogP contribution in [0.5, 0.6) is 0 Å². The Morgan fingerprint density at radius 2 is 1.76 bits per heavy atom. The van der Waals surface area contributed by atoms with Gasteiger partial charge in [0.15, 0.2) is 11.6 Å². The maximum Gasteiger partial charge on any atom is 0.341 e. The summed E-state index contributed by atoms with van der Waals surface area (Å²) in [4.78, 5) is 25.7. The van der Waals surface area contributed by atoms with E-state index in [0.717, 1.165) is 6.20 Å². The fourth-order valence-corrected chi connectivity index (χ4v) is 4.14. The summed E-state index contributed by atoms with van der Waals surface area (Å²) in [7, 11) is 0. The van der Waals surface area contributed by atoms with Crippen LogP contribution in [0.1, 0.15) is 43.1 Å². The number of aromatic nitrogens is 1. The van der Waals surface area contributed by atoms with Crippen LogP contribution in [0.2, 0.25) is 0 Å². The average molecular weight is 407 g/mol. The minimum absolute atomic E-state index is 0.146. The molecule has 2 fully saturated rings. The summed E-state index contributed by atoms with van der Waals surface area (Å²) in [5.41, 5.74) is 3.41. The molecular weight excluding hydrogens is 384 g/mol. The molecule has 1 aliphatic heterocycles. The van der Waals surface area contributed by atoms with E-state index in [4.69, 9.17) is 11.6 Å². The number of rotatable bonds is 3. The van der Waals surface area contributed by atoms with Crippen molar-refractivity contribution in [2.24, 2.45) is 5.84 Å². The Balaban J connectivity index is 2.02.